The Kier molecular flexibility index (Phi) is 6.06. The summed E-state index contributed by atoms with van der Waals surface area (Å²) in [6.07, 6.45) is -4.67. The van der Waals surface area contributed by atoms with Gasteiger partial charge in [0.1, 0.15) is 11.6 Å². The molecule has 2 aromatic carbocycles. The molecule has 10 heteroatoms. The number of nitrogens with one attached hydrogen (secondary N) is 1. The fourth-order valence-corrected chi connectivity index (χ4v) is 3.59. The van der Waals surface area contributed by atoms with Gasteiger partial charge in [-0.1, -0.05) is 0 Å². The van der Waals surface area contributed by atoms with E-state index in [0.717, 1.165) is 24.3 Å². The Morgan fingerprint density at radius 3 is 2.42 bits per heavy atom. The van der Waals surface area contributed by atoms with Gasteiger partial charge in [0.25, 0.3) is 0 Å². The monoisotopic (exact) mass is 438 g/mol. The van der Waals surface area contributed by atoms with Crippen LogP contribution < -0.4 is 10.2 Å². The number of urea groups is 1. The van der Waals surface area contributed by atoms with Crippen LogP contribution in [0.2, 0.25) is 0 Å². The van der Waals surface area contributed by atoms with E-state index in [0.29, 0.717) is 6.07 Å². The third kappa shape index (κ3) is 4.71. The fraction of sp³-hybridized carbons (Fsp3) is 0.333. The van der Waals surface area contributed by atoms with Crippen LogP contribution >= 0.6 is 0 Å². The highest BCUT2D eigenvalue weighted by Crippen LogP contribution is 2.35. The fourth-order valence-electron chi connectivity index (χ4n) is 3.59. The predicted molar refractivity (Wildman–Crippen MR) is 105 cm³/mol. The predicted octanol–water partition coefficient (Wildman–Crippen LogP) is 4.99. The summed E-state index contributed by atoms with van der Waals surface area (Å²) in [5.74, 6) is -1.68. The molecule has 2 aromatic rings. The van der Waals surface area contributed by atoms with Crippen molar-refractivity contribution in [3.05, 3.63) is 59.2 Å². The Balaban J connectivity index is 1.78. The second kappa shape index (κ2) is 8.41. The number of nitrogens with zero attached hydrogens (tertiary/aromatic N) is 3. The lowest BCUT2D eigenvalue weighted by atomic mass is 10.0. The molecule has 0 aliphatic carbocycles. The lowest BCUT2D eigenvalue weighted by Gasteiger charge is -2.45. The number of nitriles is 1. The second-order valence-corrected chi connectivity index (χ2v) is 7.40. The summed E-state index contributed by atoms with van der Waals surface area (Å²) in [7, 11) is 0. The molecule has 1 aliphatic rings. The first-order chi connectivity index (χ1) is 14.5. The van der Waals surface area contributed by atoms with Gasteiger partial charge in [0.05, 0.1) is 22.9 Å². The third-order valence-corrected chi connectivity index (χ3v) is 5.18. The van der Waals surface area contributed by atoms with E-state index in [1.54, 1.807) is 24.8 Å². The van der Waals surface area contributed by atoms with Gasteiger partial charge in [0, 0.05) is 36.9 Å². The molecule has 1 fully saturated rings. The topological polar surface area (TPSA) is 59.4 Å². The van der Waals surface area contributed by atoms with E-state index in [9.17, 15) is 26.7 Å². The summed E-state index contributed by atoms with van der Waals surface area (Å²) in [6, 6.07) is 6.49. The lowest BCUT2D eigenvalue weighted by molar-refractivity contribution is -0.137. The molecule has 1 saturated heterocycles. The molecule has 1 heterocycles. The van der Waals surface area contributed by atoms with E-state index in [1.165, 1.54) is 11.0 Å². The van der Waals surface area contributed by atoms with Crippen molar-refractivity contribution in [2.24, 2.45) is 0 Å². The van der Waals surface area contributed by atoms with E-state index in [2.05, 4.69) is 5.32 Å². The minimum Gasteiger partial charge on any atom is -0.365 e. The van der Waals surface area contributed by atoms with E-state index in [1.807, 2.05) is 0 Å². The molecule has 0 spiro atoms. The number of amides is 2. The maximum atomic E-state index is 13.8. The molecule has 0 unspecified atom stereocenters. The summed E-state index contributed by atoms with van der Waals surface area (Å²) in [5.41, 5.74) is -1.36. The molecule has 5 nitrogen and oxygen atoms in total. The zero-order valence-corrected chi connectivity index (χ0v) is 16.7. The van der Waals surface area contributed by atoms with Crippen molar-refractivity contribution in [3.8, 4) is 6.07 Å². The van der Waals surface area contributed by atoms with Crippen molar-refractivity contribution >= 4 is 17.4 Å². The van der Waals surface area contributed by atoms with E-state index in [-0.39, 0.29) is 30.5 Å². The second-order valence-electron chi connectivity index (χ2n) is 7.40. The highest BCUT2D eigenvalue weighted by atomic mass is 19.4. The molecule has 0 saturated carbocycles. The number of halogens is 5. The third-order valence-electron chi connectivity index (χ3n) is 5.18. The van der Waals surface area contributed by atoms with Gasteiger partial charge in [-0.25, -0.2) is 13.6 Å². The van der Waals surface area contributed by atoms with Gasteiger partial charge in [-0.15, -0.1) is 0 Å². The number of carbonyl (C=O) groups excluding carboxylic acids is 1. The zero-order chi connectivity index (χ0) is 22.9. The van der Waals surface area contributed by atoms with Crippen LogP contribution in [-0.4, -0.2) is 36.1 Å². The van der Waals surface area contributed by atoms with Crippen LogP contribution in [-0.2, 0) is 6.18 Å². The molecular weight excluding hydrogens is 419 g/mol. The summed E-state index contributed by atoms with van der Waals surface area (Å²) in [6.45, 7) is 3.85. The lowest BCUT2D eigenvalue weighted by Crippen LogP contribution is -2.59. The number of piperazine rings is 1. The van der Waals surface area contributed by atoms with Gasteiger partial charge in [-0.05, 0) is 44.2 Å². The van der Waals surface area contributed by atoms with Gasteiger partial charge >= 0.3 is 12.2 Å². The van der Waals surface area contributed by atoms with Crippen molar-refractivity contribution in [1.29, 1.82) is 5.26 Å². The molecule has 3 rings (SSSR count). The van der Waals surface area contributed by atoms with Crippen LogP contribution in [0, 0.1) is 23.0 Å². The summed E-state index contributed by atoms with van der Waals surface area (Å²) >= 11 is 0. The van der Waals surface area contributed by atoms with E-state index < -0.39 is 41.0 Å². The largest absolute Gasteiger partial charge is 0.417 e. The molecular formula is C21H19F5N4O. The average Bonchev–Trinajstić information content (AvgIpc) is 2.70. The number of hydrogen-bond donors (Lipinski definition) is 1. The SMILES string of the molecule is C[C@@H]1CN(C(=O)Nc2ccc(F)cc2F)[C@@H](C)CN1c1ccc(C#N)c(C(F)(F)F)c1. The number of rotatable bonds is 2. The molecule has 1 aliphatic heterocycles. The van der Waals surface area contributed by atoms with Crippen molar-refractivity contribution in [1.82, 2.24) is 4.90 Å². The summed E-state index contributed by atoms with van der Waals surface area (Å²) in [5, 5.41) is 11.4. The van der Waals surface area contributed by atoms with Gasteiger partial charge in [0.15, 0.2) is 0 Å². The number of alkyl halides is 3. The number of anilines is 2. The van der Waals surface area contributed by atoms with Crippen molar-refractivity contribution in [2.75, 3.05) is 23.3 Å². The van der Waals surface area contributed by atoms with Gasteiger partial charge in [-0.3, -0.25) is 0 Å². The smallest absolute Gasteiger partial charge is 0.365 e. The van der Waals surface area contributed by atoms with Crippen molar-refractivity contribution in [3.63, 3.8) is 0 Å². The molecule has 1 N–H and O–H groups in total. The van der Waals surface area contributed by atoms with E-state index in [4.69, 9.17) is 5.26 Å². The summed E-state index contributed by atoms with van der Waals surface area (Å²) < 4.78 is 66.8. The Hall–Kier alpha value is -3.35. The molecule has 31 heavy (non-hydrogen) atoms. The van der Waals surface area contributed by atoms with Gasteiger partial charge < -0.3 is 15.1 Å². The normalized spacial score (nSPS) is 19.2. The Bertz CT molecular complexity index is 1030. The zero-order valence-electron chi connectivity index (χ0n) is 16.7. The van der Waals surface area contributed by atoms with Crippen LogP contribution in [0.4, 0.5) is 38.1 Å². The van der Waals surface area contributed by atoms with Crippen LogP contribution in [0.1, 0.15) is 25.0 Å². The average molecular weight is 438 g/mol. The van der Waals surface area contributed by atoms with Crippen LogP contribution in [0.25, 0.3) is 0 Å². The highest BCUT2D eigenvalue weighted by Gasteiger charge is 2.36. The molecule has 0 radical (unpaired) electrons. The van der Waals surface area contributed by atoms with Crippen LogP contribution in [0.5, 0.6) is 0 Å². The highest BCUT2D eigenvalue weighted by molar-refractivity contribution is 5.90. The molecule has 2 atom stereocenters. The first-order valence-electron chi connectivity index (χ1n) is 9.42. The minimum atomic E-state index is -4.67. The Morgan fingerprint density at radius 1 is 1.10 bits per heavy atom. The van der Waals surface area contributed by atoms with Crippen LogP contribution in [0.15, 0.2) is 36.4 Å². The van der Waals surface area contributed by atoms with Crippen molar-refractivity contribution < 1.29 is 26.7 Å². The minimum absolute atomic E-state index is 0.164. The van der Waals surface area contributed by atoms with Crippen molar-refractivity contribution in [2.45, 2.75) is 32.1 Å². The quantitative estimate of drug-likeness (QED) is 0.673. The maximum absolute atomic E-state index is 13.8. The van der Waals surface area contributed by atoms with E-state index >= 15 is 0 Å². The number of benzene rings is 2. The standard InChI is InChI=1S/C21H19F5N4O/c1-12-11-30(20(31)28-19-6-4-15(22)7-18(19)23)13(2)10-29(12)16-5-3-14(9-27)17(8-16)21(24,25)26/h3-8,12-13H,10-11H2,1-2H3,(H,28,31)/t12-,13+/m1/s1. The summed E-state index contributed by atoms with van der Waals surface area (Å²) in [4.78, 5) is 15.8. The molecule has 0 bridgehead atoms. The van der Waals surface area contributed by atoms with Crippen LogP contribution in [0.3, 0.4) is 0 Å². The number of carbonyl (C=O) groups is 1. The number of hydrogen-bond acceptors (Lipinski definition) is 3. The first kappa shape index (κ1) is 22.3. The van der Waals surface area contributed by atoms with Gasteiger partial charge in [0.2, 0.25) is 0 Å². The molecule has 164 valence electrons. The molecule has 2 amide bonds. The Labute approximate surface area is 175 Å². The Morgan fingerprint density at radius 2 is 1.81 bits per heavy atom. The molecule has 0 aromatic heterocycles. The maximum Gasteiger partial charge on any atom is 0.417 e. The van der Waals surface area contributed by atoms with Gasteiger partial charge in [-0.2, -0.15) is 18.4 Å². The first-order valence-corrected chi connectivity index (χ1v) is 9.42.